The van der Waals surface area contributed by atoms with Crippen molar-refractivity contribution in [2.45, 2.75) is 6.54 Å². The van der Waals surface area contributed by atoms with E-state index in [0.29, 0.717) is 17.1 Å². The molecule has 0 spiro atoms. The van der Waals surface area contributed by atoms with Gasteiger partial charge in [0.25, 0.3) is 0 Å². The highest BCUT2D eigenvalue weighted by atomic mass is 79.9. The number of halogens is 2. The van der Waals surface area contributed by atoms with Gasteiger partial charge in [-0.05, 0) is 57.9 Å². The minimum atomic E-state index is 0.662. The van der Waals surface area contributed by atoms with Gasteiger partial charge < -0.3 is 5.32 Å². The van der Waals surface area contributed by atoms with E-state index in [1.54, 1.807) is 12.1 Å². The van der Waals surface area contributed by atoms with Crippen LogP contribution in [0.15, 0.2) is 46.9 Å². The molecule has 0 unspecified atom stereocenters. The number of hydrogen-bond donors (Lipinski definition) is 1. The van der Waals surface area contributed by atoms with E-state index in [0.717, 1.165) is 15.7 Å². The molecular weight excluding hydrogens is 312 g/mol. The molecule has 0 saturated heterocycles. The molecule has 18 heavy (non-hydrogen) atoms. The molecule has 2 nitrogen and oxygen atoms in total. The Bertz CT molecular complexity index is 588. The third-order valence-corrected chi connectivity index (χ3v) is 3.71. The molecule has 0 fully saturated rings. The lowest BCUT2D eigenvalue weighted by Gasteiger charge is -2.07. The van der Waals surface area contributed by atoms with Gasteiger partial charge in [0.15, 0.2) is 0 Å². The van der Waals surface area contributed by atoms with E-state index < -0.39 is 0 Å². The standard InChI is InChI=1S/C14H10BrClN2/c15-13-7-11(3-6-14(13)16)9-18-12-4-1-10(8-17)2-5-12/h1-7,18H,9H2. The van der Waals surface area contributed by atoms with Gasteiger partial charge in [-0.1, -0.05) is 17.7 Å². The van der Waals surface area contributed by atoms with Crippen molar-refractivity contribution in [3.05, 3.63) is 63.1 Å². The quantitative estimate of drug-likeness (QED) is 0.897. The van der Waals surface area contributed by atoms with Crippen molar-refractivity contribution in [2.75, 3.05) is 5.32 Å². The van der Waals surface area contributed by atoms with E-state index in [1.807, 2.05) is 30.3 Å². The van der Waals surface area contributed by atoms with Gasteiger partial charge >= 0.3 is 0 Å². The van der Waals surface area contributed by atoms with Crippen molar-refractivity contribution in [3.8, 4) is 6.07 Å². The van der Waals surface area contributed by atoms with E-state index in [4.69, 9.17) is 16.9 Å². The lowest BCUT2D eigenvalue weighted by molar-refractivity contribution is 1.15. The summed E-state index contributed by atoms with van der Waals surface area (Å²) in [7, 11) is 0. The first-order valence-corrected chi connectivity index (χ1v) is 6.54. The predicted molar refractivity (Wildman–Crippen MR) is 77.6 cm³/mol. The van der Waals surface area contributed by atoms with E-state index in [2.05, 4.69) is 27.3 Å². The van der Waals surface area contributed by atoms with Gasteiger partial charge in [-0.15, -0.1) is 0 Å². The molecule has 0 heterocycles. The largest absolute Gasteiger partial charge is 0.381 e. The molecule has 0 saturated carbocycles. The van der Waals surface area contributed by atoms with Gasteiger partial charge in [-0.2, -0.15) is 5.26 Å². The van der Waals surface area contributed by atoms with Gasteiger partial charge in [0.05, 0.1) is 16.7 Å². The highest BCUT2D eigenvalue weighted by molar-refractivity contribution is 9.10. The smallest absolute Gasteiger partial charge is 0.0991 e. The van der Waals surface area contributed by atoms with Crippen LogP contribution in [0.2, 0.25) is 5.02 Å². The Morgan fingerprint density at radius 3 is 2.50 bits per heavy atom. The fourth-order valence-electron chi connectivity index (χ4n) is 1.52. The summed E-state index contributed by atoms with van der Waals surface area (Å²) in [6.45, 7) is 0.710. The first-order chi connectivity index (χ1) is 8.69. The van der Waals surface area contributed by atoms with Crippen LogP contribution < -0.4 is 5.32 Å². The Labute approximate surface area is 119 Å². The lowest BCUT2D eigenvalue weighted by atomic mass is 10.2. The second-order valence-corrected chi connectivity index (χ2v) is 5.05. The van der Waals surface area contributed by atoms with E-state index >= 15 is 0 Å². The second kappa shape index (κ2) is 5.90. The van der Waals surface area contributed by atoms with Crippen LogP contribution in [-0.2, 0) is 6.54 Å². The molecule has 0 aliphatic rings. The van der Waals surface area contributed by atoms with Crippen molar-refractivity contribution in [1.82, 2.24) is 0 Å². The van der Waals surface area contributed by atoms with Crippen LogP contribution in [0.5, 0.6) is 0 Å². The Morgan fingerprint density at radius 1 is 1.17 bits per heavy atom. The minimum Gasteiger partial charge on any atom is -0.381 e. The van der Waals surface area contributed by atoms with Crippen LogP contribution in [-0.4, -0.2) is 0 Å². The molecule has 0 bridgehead atoms. The van der Waals surface area contributed by atoms with Crippen molar-refractivity contribution >= 4 is 33.2 Å². The monoisotopic (exact) mass is 320 g/mol. The molecular formula is C14H10BrClN2. The van der Waals surface area contributed by atoms with E-state index in [9.17, 15) is 0 Å². The van der Waals surface area contributed by atoms with Crippen LogP contribution in [0, 0.1) is 11.3 Å². The van der Waals surface area contributed by atoms with Crippen molar-refractivity contribution in [3.63, 3.8) is 0 Å². The Balaban J connectivity index is 2.02. The summed E-state index contributed by atoms with van der Waals surface area (Å²) in [5.41, 5.74) is 2.78. The summed E-state index contributed by atoms with van der Waals surface area (Å²) < 4.78 is 0.892. The predicted octanol–water partition coefficient (Wildman–Crippen LogP) is 4.59. The normalized spacial score (nSPS) is 9.83. The summed E-state index contributed by atoms with van der Waals surface area (Å²) in [4.78, 5) is 0. The SMILES string of the molecule is N#Cc1ccc(NCc2ccc(Cl)c(Br)c2)cc1. The summed E-state index contributed by atoms with van der Waals surface area (Å²) in [6, 6.07) is 15.3. The van der Waals surface area contributed by atoms with Crippen molar-refractivity contribution in [2.24, 2.45) is 0 Å². The molecule has 2 rings (SSSR count). The van der Waals surface area contributed by atoms with Crippen molar-refractivity contribution in [1.29, 1.82) is 5.26 Å². The summed E-state index contributed by atoms with van der Waals surface area (Å²) in [5.74, 6) is 0. The second-order valence-electron chi connectivity index (χ2n) is 3.79. The molecule has 2 aromatic rings. The van der Waals surface area contributed by atoms with Gasteiger partial charge in [0, 0.05) is 16.7 Å². The molecule has 4 heteroatoms. The average molecular weight is 322 g/mol. The van der Waals surface area contributed by atoms with Crippen LogP contribution >= 0.6 is 27.5 Å². The van der Waals surface area contributed by atoms with Gasteiger partial charge in [-0.3, -0.25) is 0 Å². The number of rotatable bonds is 3. The number of nitriles is 1. The van der Waals surface area contributed by atoms with Gasteiger partial charge in [0.1, 0.15) is 0 Å². The first-order valence-electron chi connectivity index (χ1n) is 5.37. The van der Waals surface area contributed by atoms with Crippen LogP contribution in [0.3, 0.4) is 0 Å². The first kappa shape index (κ1) is 12.9. The van der Waals surface area contributed by atoms with Crippen molar-refractivity contribution < 1.29 is 0 Å². The highest BCUT2D eigenvalue weighted by Crippen LogP contribution is 2.23. The molecule has 0 aliphatic heterocycles. The molecule has 0 atom stereocenters. The van der Waals surface area contributed by atoms with Crippen LogP contribution in [0.25, 0.3) is 0 Å². The zero-order valence-corrected chi connectivity index (χ0v) is 11.8. The summed E-state index contributed by atoms with van der Waals surface area (Å²) in [5, 5.41) is 12.7. The van der Waals surface area contributed by atoms with E-state index in [-0.39, 0.29) is 0 Å². The summed E-state index contributed by atoms with van der Waals surface area (Å²) >= 11 is 9.33. The number of nitrogens with zero attached hydrogens (tertiary/aromatic N) is 1. The summed E-state index contributed by atoms with van der Waals surface area (Å²) in [6.07, 6.45) is 0. The maximum atomic E-state index is 8.70. The molecule has 0 aromatic heterocycles. The molecule has 0 amide bonds. The number of benzene rings is 2. The number of hydrogen-bond acceptors (Lipinski definition) is 2. The maximum absolute atomic E-state index is 8.70. The van der Waals surface area contributed by atoms with E-state index in [1.165, 1.54) is 0 Å². The Kier molecular flexibility index (Phi) is 4.24. The number of nitrogens with one attached hydrogen (secondary N) is 1. The molecule has 0 radical (unpaired) electrons. The maximum Gasteiger partial charge on any atom is 0.0991 e. The highest BCUT2D eigenvalue weighted by Gasteiger charge is 1.99. The van der Waals surface area contributed by atoms with Crippen LogP contribution in [0.1, 0.15) is 11.1 Å². The molecule has 90 valence electrons. The number of anilines is 1. The zero-order chi connectivity index (χ0) is 13.0. The zero-order valence-electron chi connectivity index (χ0n) is 9.45. The van der Waals surface area contributed by atoms with Gasteiger partial charge in [0.2, 0.25) is 0 Å². The Hall–Kier alpha value is -1.50. The van der Waals surface area contributed by atoms with Crippen LogP contribution in [0.4, 0.5) is 5.69 Å². The Morgan fingerprint density at radius 2 is 1.89 bits per heavy atom. The lowest BCUT2D eigenvalue weighted by Crippen LogP contribution is -1.99. The minimum absolute atomic E-state index is 0.662. The topological polar surface area (TPSA) is 35.8 Å². The molecule has 1 N–H and O–H groups in total. The fraction of sp³-hybridized carbons (Fsp3) is 0.0714. The third kappa shape index (κ3) is 3.25. The third-order valence-electron chi connectivity index (χ3n) is 2.49. The molecule has 2 aromatic carbocycles. The average Bonchev–Trinajstić information content (AvgIpc) is 2.41. The van der Waals surface area contributed by atoms with Gasteiger partial charge in [-0.25, -0.2) is 0 Å². The fourth-order valence-corrected chi connectivity index (χ4v) is 2.06. The molecule has 0 aliphatic carbocycles.